The second-order valence-corrected chi connectivity index (χ2v) is 6.66. The van der Waals surface area contributed by atoms with Crippen LogP contribution in [0.15, 0.2) is 40.3 Å². The maximum absolute atomic E-state index is 12.4. The zero-order chi connectivity index (χ0) is 17.8. The summed E-state index contributed by atoms with van der Waals surface area (Å²) in [6.45, 7) is 4.05. The Balaban J connectivity index is 1.72. The van der Waals surface area contributed by atoms with Gasteiger partial charge in [-0.3, -0.25) is 4.79 Å². The minimum atomic E-state index is -0.415. The summed E-state index contributed by atoms with van der Waals surface area (Å²) in [7, 11) is 0. The van der Waals surface area contributed by atoms with Crippen molar-refractivity contribution < 1.29 is 18.7 Å². The van der Waals surface area contributed by atoms with Crippen LogP contribution in [0.5, 0.6) is 0 Å². The lowest BCUT2D eigenvalue weighted by atomic mass is 10.2. The van der Waals surface area contributed by atoms with E-state index in [-0.39, 0.29) is 18.5 Å². The zero-order valence-corrected chi connectivity index (χ0v) is 15.0. The van der Waals surface area contributed by atoms with Crippen molar-refractivity contribution in [2.24, 2.45) is 0 Å². The van der Waals surface area contributed by atoms with Gasteiger partial charge < -0.3 is 19.0 Å². The average Bonchev–Trinajstić information content (AvgIpc) is 3.26. The van der Waals surface area contributed by atoms with Crippen LogP contribution in [0.2, 0.25) is 0 Å². The van der Waals surface area contributed by atoms with E-state index in [1.165, 1.54) is 11.3 Å². The second kappa shape index (κ2) is 7.57. The molecule has 6 nitrogen and oxygen atoms in total. The topological polar surface area (TPSA) is 73.5 Å². The summed E-state index contributed by atoms with van der Waals surface area (Å²) in [4.78, 5) is 25.5. The smallest absolute Gasteiger partial charge is 0.355 e. The first-order valence-corrected chi connectivity index (χ1v) is 9.02. The molecule has 0 bridgehead atoms. The number of carbonyl (C=O) groups is 2. The molecule has 0 saturated heterocycles. The zero-order valence-electron chi connectivity index (χ0n) is 14.2. The molecule has 132 valence electrons. The van der Waals surface area contributed by atoms with Crippen LogP contribution in [-0.4, -0.2) is 29.1 Å². The maximum atomic E-state index is 12.4. The van der Waals surface area contributed by atoms with Crippen LogP contribution in [0.4, 0.5) is 0 Å². The van der Waals surface area contributed by atoms with Crippen LogP contribution >= 0.6 is 11.3 Å². The van der Waals surface area contributed by atoms with Gasteiger partial charge in [0, 0.05) is 17.8 Å². The minimum Gasteiger partial charge on any atom is -0.469 e. The Morgan fingerprint density at radius 1 is 1.40 bits per heavy atom. The predicted octanol–water partition coefficient (Wildman–Crippen LogP) is 3.22. The van der Waals surface area contributed by atoms with Gasteiger partial charge in [-0.25, -0.2) is 4.79 Å². The van der Waals surface area contributed by atoms with Crippen molar-refractivity contribution in [3.63, 3.8) is 0 Å². The van der Waals surface area contributed by atoms with Gasteiger partial charge in [-0.1, -0.05) is 0 Å². The normalized spacial score (nSPS) is 12.2. The molecule has 1 atom stereocenters. The summed E-state index contributed by atoms with van der Waals surface area (Å²) in [6.07, 6.45) is 2.23. The number of hydrogen-bond donors (Lipinski definition) is 1. The van der Waals surface area contributed by atoms with Crippen LogP contribution < -0.4 is 5.32 Å². The van der Waals surface area contributed by atoms with E-state index in [1.54, 1.807) is 23.8 Å². The molecule has 0 unspecified atom stereocenters. The highest BCUT2D eigenvalue weighted by molar-refractivity contribution is 7.16. The Labute approximate surface area is 149 Å². The summed E-state index contributed by atoms with van der Waals surface area (Å²) in [6, 6.07) is 7.32. The van der Waals surface area contributed by atoms with Gasteiger partial charge in [0.1, 0.15) is 22.8 Å². The van der Waals surface area contributed by atoms with Gasteiger partial charge in [0.05, 0.1) is 12.9 Å². The van der Waals surface area contributed by atoms with Gasteiger partial charge in [0.15, 0.2) is 0 Å². The summed E-state index contributed by atoms with van der Waals surface area (Å²) in [5.74, 6) is 0.250. The van der Waals surface area contributed by atoms with Gasteiger partial charge in [-0.15, -0.1) is 11.3 Å². The number of ether oxygens (including phenoxy) is 1. The van der Waals surface area contributed by atoms with Crippen molar-refractivity contribution in [2.75, 3.05) is 6.61 Å². The van der Waals surface area contributed by atoms with E-state index in [0.29, 0.717) is 18.7 Å². The van der Waals surface area contributed by atoms with Gasteiger partial charge in [-0.2, -0.15) is 0 Å². The SMILES string of the molecule is CCOC(=O)c1cc2ccsc2n1CC(=O)N[C@H](C)Cc1ccco1. The van der Waals surface area contributed by atoms with E-state index in [0.717, 1.165) is 16.0 Å². The maximum Gasteiger partial charge on any atom is 0.355 e. The first kappa shape index (κ1) is 17.3. The Hall–Kier alpha value is -2.54. The molecule has 0 aliphatic heterocycles. The van der Waals surface area contributed by atoms with Crippen molar-refractivity contribution in [1.29, 1.82) is 0 Å². The summed E-state index contributed by atoms with van der Waals surface area (Å²) >= 11 is 1.50. The third-order valence-corrected chi connectivity index (χ3v) is 4.74. The minimum absolute atomic E-state index is 0.0701. The number of thiophene rings is 1. The number of amides is 1. The molecule has 0 aliphatic rings. The quantitative estimate of drug-likeness (QED) is 0.657. The van der Waals surface area contributed by atoms with Gasteiger partial charge in [0.25, 0.3) is 0 Å². The molecule has 3 aromatic heterocycles. The average molecular weight is 360 g/mol. The van der Waals surface area contributed by atoms with Crippen molar-refractivity contribution in [3.05, 3.63) is 47.4 Å². The van der Waals surface area contributed by atoms with E-state index in [1.807, 2.05) is 30.5 Å². The highest BCUT2D eigenvalue weighted by Gasteiger charge is 2.20. The van der Waals surface area contributed by atoms with E-state index < -0.39 is 5.97 Å². The van der Waals surface area contributed by atoms with Crippen LogP contribution in [0, 0.1) is 0 Å². The predicted molar refractivity (Wildman–Crippen MR) is 95.8 cm³/mol. The number of fused-ring (bicyclic) bond motifs is 1. The Morgan fingerprint density at radius 2 is 2.24 bits per heavy atom. The lowest BCUT2D eigenvalue weighted by Crippen LogP contribution is -2.36. The molecule has 3 heterocycles. The van der Waals surface area contributed by atoms with E-state index >= 15 is 0 Å². The molecule has 0 spiro atoms. The molecule has 0 aromatic carbocycles. The van der Waals surface area contributed by atoms with Crippen molar-refractivity contribution >= 4 is 33.4 Å². The van der Waals surface area contributed by atoms with E-state index in [9.17, 15) is 9.59 Å². The fourth-order valence-corrected chi connectivity index (χ4v) is 3.65. The molecule has 3 rings (SSSR count). The van der Waals surface area contributed by atoms with Crippen LogP contribution in [-0.2, 0) is 22.5 Å². The molecule has 3 aromatic rings. The standard InChI is InChI=1S/C18H20N2O4S/c1-3-23-18(22)15-10-13-6-8-25-17(13)20(15)11-16(21)19-12(2)9-14-5-4-7-24-14/h4-8,10,12H,3,9,11H2,1-2H3,(H,19,21)/t12-/m1/s1. The van der Waals surface area contributed by atoms with Crippen molar-refractivity contribution in [2.45, 2.75) is 32.9 Å². The molecular weight excluding hydrogens is 340 g/mol. The second-order valence-electron chi connectivity index (χ2n) is 5.77. The summed E-state index contributed by atoms with van der Waals surface area (Å²) in [5.41, 5.74) is 0.400. The van der Waals surface area contributed by atoms with Gasteiger partial charge >= 0.3 is 5.97 Å². The molecule has 1 amide bonds. The largest absolute Gasteiger partial charge is 0.469 e. The number of nitrogens with one attached hydrogen (secondary N) is 1. The number of carbonyl (C=O) groups excluding carboxylic acids is 2. The Kier molecular flexibility index (Phi) is 5.23. The van der Waals surface area contributed by atoms with E-state index in [4.69, 9.17) is 9.15 Å². The number of furan rings is 1. The first-order chi connectivity index (χ1) is 12.1. The fourth-order valence-electron chi connectivity index (χ4n) is 2.75. The molecule has 1 N–H and O–H groups in total. The molecule has 0 fully saturated rings. The highest BCUT2D eigenvalue weighted by Crippen LogP contribution is 2.25. The number of hydrogen-bond acceptors (Lipinski definition) is 5. The molecule has 0 aliphatic carbocycles. The highest BCUT2D eigenvalue weighted by atomic mass is 32.1. The Bertz CT molecular complexity index is 863. The third kappa shape index (κ3) is 3.93. The molecule has 7 heteroatoms. The van der Waals surface area contributed by atoms with Crippen LogP contribution in [0.3, 0.4) is 0 Å². The third-order valence-electron chi connectivity index (χ3n) is 3.78. The number of esters is 1. The van der Waals surface area contributed by atoms with Gasteiger partial charge in [-0.05, 0) is 43.5 Å². The fraction of sp³-hybridized carbons (Fsp3) is 0.333. The summed E-state index contributed by atoms with van der Waals surface area (Å²) in [5, 5.41) is 5.82. The number of rotatable bonds is 7. The van der Waals surface area contributed by atoms with Crippen LogP contribution in [0.25, 0.3) is 10.2 Å². The number of nitrogens with zero attached hydrogens (tertiary/aromatic N) is 1. The van der Waals surface area contributed by atoms with Crippen LogP contribution in [0.1, 0.15) is 30.1 Å². The van der Waals surface area contributed by atoms with Gasteiger partial charge in [0.2, 0.25) is 5.91 Å². The molecule has 0 saturated carbocycles. The Morgan fingerprint density at radius 3 is 2.96 bits per heavy atom. The van der Waals surface area contributed by atoms with Crippen molar-refractivity contribution in [3.8, 4) is 0 Å². The van der Waals surface area contributed by atoms with Crippen molar-refractivity contribution in [1.82, 2.24) is 9.88 Å². The lowest BCUT2D eigenvalue weighted by molar-refractivity contribution is -0.122. The molecule has 25 heavy (non-hydrogen) atoms. The molecule has 0 radical (unpaired) electrons. The van der Waals surface area contributed by atoms with E-state index in [2.05, 4.69) is 5.32 Å². The summed E-state index contributed by atoms with van der Waals surface area (Å²) < 4.78 is 12.1. The lowest BCUT2D eigenvalue weighted by Gasteiger charge is -2.14. The number of aromatic nitrogens is 1. The first-order valence-electron chi connectivity index (χ1n) is 8.14. The monoisotopic (exact) mass is 360 g/mol. The molecular formula is C18H20N2O4S.